The summed E-state index contributed by atoms with van der Waals surface area (Å²) in [5.41, 5.74) is 1.54. The number of anilines is 1. The molecule has 1 saturated carbocycles. The molecular weight excluding hydrogens is 388 g/mol. The molecule has 0 bridgehead atoms. The van der Waals surface area contributed by atoms with Crippen LogP contribution in [-0.2, 0) is 4.79 Å². The van der Waals surface area contributed by atoms with E-state index in [4.69, 9.17) is 8.94 Å². The van der Waals surface area contributed by atoms with Crippen LogP contribution < -0.4 is 5.32 Å². The second-order valence-electron chi connectivity index (χ2n) is 7.04. The first-order chi connectivity index (χ1) is 14.5. The zero-order chi connectivity index (χ0) is 20.8. The van der Waals surface area contributed by atoms with E-state index in [0.717, 1.165) is 18.5 Å². The third-order valence-electron chi connectivity index (χ3n) is 4.83. The van der Waals surface area contributed by atoms with E-state index < -0.39 is 11.8 Å². The third kappa shape index (κ3) is 3.17. The van der Waals surface area contributed by atoms with Gasteiger partial charge < -0.3 is 14.3 Å². The van der Waals surface area contributed by atoms with Crippen LogP contribution in [0.3, 0.4) is 0 Å². The molecular formula is C20H16N6O4. The molecule has 3 aromatic rings. The summed E-state index contributed by atoms with van der Waals surface area (Å²) < 4.78 is 11.8. The number of hydrogen-bond acceptors (Lipinski definition) is 7. The molecule has 0 spiro atoms. The van der Waals surface area contributed by atoms with Gasteiger partial charge in [0, 0.05) is 18.1 Å². The number of aliphatic imine (C=N–C) groups is 2. The minimum Gasteiger partial charge on any atom is -0.461 e. The Labute approximate surface area is 170 Å². The molecule has 0 radical (unpaired) electrons. The number of nitrogens with one attached hydrogen (secondary N) is 1. The Bertz CT molecular complexity index is 1240. The minimum atomic E-state index is -0.507. The standard InChI is InChI=1S/C20H16N6O4/c1-10-11(2)21-20(23-18(10)27)26-17(9-13(24-26)12-5-6-12)22-19(28)14-8-16(30-25-14)15-4-3-7-29-15/h3-4,7-9,12H,1,5-6H2,2H3,(H,22,28). The number of nitrogens with zero attached hydrogens (tertiary/aromatic N) is 5. The fourth-order valence-corrected chi connectivity index (χ4v) is 2.97. The second kappa shape index (κ2) is 6.76. The molecule has 0 aromatic carbocycles. The number of furan rings is 1. The highest BCUT2D eigenvalue weighted by Gasteiger charge is 2.30. The highest BCUT2D eigenvalue weighted by Crippen LogP contribution is 2.40. The zero-order valence-corrected chi connectivity index (χ0v) is 16.0. The number of aromatic nitrogens is 3. The monoisotopic (exact) mass is 404 g/mol. The summed E-state index contributed by atoms with van der Waals surface area (Å²) in [4.78, 5) is 33.1. The van der Waals surface area contributed by atoms with Crippen molar-refractivity contribution in [2.75, 3.05) is 5.32 Å². The molecule has 0 saturated heterocycles. The maximum Gasteiger partial charge on any atom is 0.281 e. The first-order valence-corrected chi connectivity index (χ1v) is 9.29. The summed E-state index contributed by atoms with van der Waals surface area (Å²) in [6.07, 6.45) is 3.54. The Morgan fingerprint density at radius 2 is 2.10 bits per heavy atom. The maximum atomic E-state index is 12.7. The number of carbonyl (C=O) groups excluding carboxylic acids is 2. The first kappa shape index (κ1) is 18.0. The van der Waals surface area contributed by atoms with Crippen LogP contribution in [0.5, 0.6) is 0 Å². The van der Waals surface area contributed by atoms with Crippen molar-refractivity contribution in [1.29, 1.82) is 0 Å². The van der Waals surface area contributed by atoms with E-state index in [1.807, 2.05) is 0 Å². The van der Waals surface area contributed by atoms with Gasteiger partial charge in [-0.3, -0.25) is 9.59 Å². The van der Waals surface area contributed by atoms with Crippen LogP contribution in [0.15, 0.2) is 61.6 Å². The van der Waals surface area contributed by atoms with Gasteiger partial charge in [-0.05, 0) is 31.9 Å². The van der Waals surface area contributed by atoms with Gasteiger partial charge in [0.25, 0.3) is 17.8 Å². The highest BCUT2D eigenvalue weighted by atomic mass is 16.5. The molecule has 0 atom stereocenters. The van der Waals surface area contributed by atoms with Gasteiger partial charge in [0.1, 0.15) is 5.82 Å². The highest BCUT2D eigenvalue weighted by molar-refractivity contribution is 6.28. The number of rotatable bonds is 4. The molecule has 150 valence electrons. The fraction of sp³-hybridized carbons (Fsp3) is 0.200. The van der Waals surface area contributed by atoms with Gasteiger partial charge in [-0.15, -0.1) is 0 Å². The number of amides is 2. The summed E-state index contributed by atoms with van der Waals surface area (Å²) in [6, 6.07) is 6.64. The largest absolute Gasteiger partial charge is 0.461 e. The van der Waals surface area contributed by atoms with Crippen molar-refractivity contribution >= 4 is 29.3 Å². The lowest BCUT2D eigenvalue weighted by atomic mass is 10.2. The van der Waals surface area contributed by atoms with E-state index in [1.54, 1.807) is 25.1 Å². The molecule has 1 fully saturated rings. The predicted octanol–water partition coefficient (Wildman–Crippen LogP) is 3.02. The first-order valence-electron chi connectivity index (χ1n) is 9.29. The maximum absolute atomic E-state index is 12.7. The van der Waals surface area contributed by atoms with Crippen molar-refractivity contribution in [3.63, 3.8) is 0 Å². The van der Waals surface area contributed by atoms with Gasteiger partial charge in [0.05, 0.1) is 23.2 Å². The fourth-order valence-electron chi connectivity index (χ4n) is 2.97. The average Bonchev–Trinajstić information content (AvgIpc) is 3.14. The molecule has 5 rings (SSSR count). The van der Waals surface area contributed by atoms with E-state index >= 15 is 0 Å². The molecule has 10 heteroatoms. The molecule has 4 heterocycles. The van der Waals surface area contributed by atoms with E-state index in [-0.39, 0.29) is 17.2 Å². The van der Waals surface area contributed by atoms with Crippen LogP contribution in [0.4, 0.5) is 5.82 Å². The molecule has 2 aliphatic rings. The Balaban J connectivity index is 1.46. The Morgan fingerprint density at radius 3 is 2.80 bits per heavy atom. The molecule has 2 amide bonds. The summed E-state index contributed by atoms with van der Waals surface area (Å²) in [5, 5.41) is 11.1. The Hall–Kier alpha value is -4.08. The summed E-state index contributed by atoms with van der Waals surface area (Å²) >= 11 is 0. The normalized spacial score (nSPS) is 16.4. The lowest BCUT2D eigenvalue weighted by molar-refractivity contribution is -0.113. The van der Waals surface area contributed by atoms with Crippen molar-refractivity contribution in [2.24, 2.45) is 9.98 Å². The SMILES string of the molecule is C=C1C(=O)N=C(n2nc(C3CC3)cc2NC(=O)c2cc(-c3ccco3)on2)N=C1C. The van der Waals surface area contributed by atoms with E-state index in [2.05, 4.69) is 32.1 Å². The molecule has 0 unspecified atom stereocenters. The van der Waals surface area contributed by atoms with Gasteiger partial charge in [0.2, 0.25) is 5.76 Å². The molecule has 10 nitrogen and oxygen atoms in total. The van der Waals surface area contributed by atoms with Crippen molar-refractivity contribution in [1.82, 2.24) is 14.9 Å². The molecule has 30 heavy (non-hydrogen) atoms. The van der Waals surface area contributed by atoms with Crippen molar-refractivity contribution in [2.45, 2.75) is 25.7 Å². The predicted molar refractivity (Wildman–Crippen MR) is 106 cm³/mol. The van der Waals surface area contributed by atoms with E-state index in [0.29, 0.717) is 29.0 Å². The second-order valence-corrected chi connectivity index (χ2v) is 7.04. The summed E-state index contributed by atoms with van der Waals surface area (Å²) in [5.74, 6) is 0.523. The van der Waals surface area contributed by atoms with Crippen molar-refractivity contribution in [3.05, 3.63) is 54.1 Å². The van der Waals surface area contributed by atoms with Gasteiger partial charge in [-0.25, -0.2) is 4.99 Å². The van der Waals surface area contributed by atoms with Crippen LogP contribution in [0, 0.1) is 0 Å². The molecule has 1 aliphatic heterocycles. The van der Waals surface area contributed by atoms with Crippen molar-refractivity contribution in [3.8, 4) is 11.5 Å². The topological polar surface area (TPSA) is 128 Å². The van der Waals surface area contributed by atoms with Crippen LogP contribution in [0.25, 0.3) is 11.5 Å². The summed E-state index contributed by atoms with van der Waals surface area (Å²) in [6.45, 7) is 5.34. The van der Waals surface area contributed by atoms with Crippen molar-refractivity contribution < 1.29 is 18.5 Å². The molecule has 3 aromatic heterocycles. The Kier molecular flexibility index (Phi) is 4.05. The van der Waals surface area contributed by atoms with Gasteiger partial charge in [-0.1, -0.05) is 11.7 Å². The van der Waals surface area contributed by atoms with Crippen LogP contribution in [0.1, 0.15) is 41.9 Å². The van der Waals surface area contributed by atoms with Gasteiger partial charge in [-0.2, -0.15) is 14.8 Å². The smallest absolute Gasteiger partial charge is 0.281 e. The van der Waals surface area contributed by atoms with Crippen LogP contribution in [0.2, 0.25) is 0 Å². The zero-order valence-electron chi connectivity index (χ0n) is 16.0. The van der Waals surface area contributed by atoms with Gasteiger partial charge in [0.15, 0.2) is 11.5 Å². The number of hydrogen-bond donors (Lipinski definition) is 1. The molecule has 1 aliphatic carbocycles. The van der Waals surface area contributed by atoms with Crippen LogP contribution in [-0.4, -0.2) is 38.4 Å². The minimum absolute atomic E-state index is 0.0665. The quantitative estimate of drug-likeness (QED) is 0.666. The average molecular weight is 404 g/mol. The van der Waals surface area contributed by atoms with Gasteiger partial charge >= 0.3 is 0 Å². The van der Waals surface area contributed by atoms with Crippen LogP contribution >= 0.6 is 0 Å². The van der Waals surface area contributed by atoms with E-state index in [9.17, 15) is 9.59 Å². The summed E-state index contributed by atoms with van der Waals surface area (Å²) in [7, 11) is 0. The molecule has 1 N–H and O–H groups in total. The van der Waals surface area contributed by atoms with E-state index in [1.165, 1.54) is 17.0 Å². The lowest BCUT2D eigenvalue weighted by Gasteiger charge is -2.12. The Morgan fingerprint density at radius 1 is 1.27 bits per heavy atom. The lowest BCUT2D eigenvalue weighted by Crippen LogP contribution is -2.25. The number of carbonyl (C=O) groups is 2. The third-order valence-corrected chi connectivity index (χ3v) is 4.83.